The van der Waals surface area contributed by atoms with Crippen LogP contribution < -0.4 is 10.6 Å². The smallest absolute Gasteiger partial charge is 0.253 e. The van der Waals surface area contributed by atoms with Gasteiger partial charge in [-0.3, -0.25) is 9.59 Å². The highest BCUT2D eigenvalue weighted by Crippen LogP contribution is 2.24. The Morgan fingerprint density at radius 1 is 1.30 bits per heavy atom. The van der Waals surface area contributed by atoms with E-state index < -0.39 is 10.0 Å². The average molecular weight is 361 g/mol. The van der Waals surface area contributed by atoms with Crippen molar-refractivity contribution < 1.29 is 18.0 Å². The molecule has 0 bridgehead atoms. The van der Waals surface area contributed by atoms with Crippen LogP contribution in [0.3, 0.4) is 0 Å². The minimum atomic E-state index is -3.72. The maximum Gasteiger partial charge on any atom is 0.253 e. The van der Waals surface area contributed by atoms with E-state index >= 15 is 0 Å². The van der Waals surface area contributed by atoms with Gasteiger partial charge in [-0.2, -0.15) is 4.31 Å². The van der Waals surface area contributed by atoms with Crippen LogP contribution in [0.5, 0.6) is 0 Å². The number of carbonyl (C=O) groups excluding carboxylic acids is 2. The topological polar surface area (TPSA) is 95.6 Å². The zero-order valence-electron chi connectivity index (χ0n) is 13.8. The number of nitrogens with one attached hydrogen (secondary N) is 2. The summed E-state index contributed by atoms with van der Waals surface area (Å²) in [5, 5.41) is 5.30. The molecule has 1 rings (SSSR count). The predicted molar refractivity (Wildman–Crippen MR) is 89.6 cm³/mol. The maximum absolute atomic E-state index is 12.6. The fourth-order valence-corrected chi connectivity index (χ4v) is 4.68. The van der Waals surface area contributed by atoms with Gasteiger partial charge in [0.25, 0.3) is 10.0 Å². The number of sulfonamides is 1. The van der Waals surface area contributed by atoms with Crippen LogP contribution in [0.4, 0.5) is 0 Å². The van der Waals surface area contributed by atoms with Crippen LogP contribution in [0.1, 0.15) is 32.6 Å². The van der Waals surface area contributed by atoms with Crippen molar-refractivity contribution in [2.75, 3.05) is 13.1 Å². The van der Waals surface area contributed by atoms with Crippen LogP contribution in [-0.2, 0) is 26.2 Å². The highest BCUT2D eigenvalue weighted by Gasteiger charge is 2.27. The molecule has 0 unspecified atom stereocenters. The van der Waals surface area contributed by atoms with E-state index in [1.807, 2.05) is 13.8 Å². The van der Waals surface area contributed by atoms with Crippen molar-refractivity contribution in [3.05, 3.63) is 17.0 Å². The Labute approximate surface area is 141 Å². The average Bonchev–Trinajstić information content (AvgIpc) is 2.91. The molecule has 130 valence electrons. The number of rotatable bonds is 8. The maximum atomic E-state index is 12.6. The number of hydrogen-bond acceptors (Lipinski definition) is 5. The second-order valence-electron chi connectivity index (χ2n) is 5.28. The van der Waals surface area contributed by atoms with Gasteiger partial charge in [0.15, 0.2) is 0 Å². The first-order chi connectivity index (χ1) is 10.7. The van der Waals surface area contributed by atoms with Crippen molar-refractivity contribution in [1.82, 2.24) is 14.9 Å². The molecule has 9 heteroatoms. The molecule has 1 aromatic rings. The quantitative estimate of drug-likeness (QED) is 0.720. The van der Waals surface area contributed by atoms with Crippen LogP contribution in [0.2, 0.25) is 0 Å². The first-order valence-corrected chi connectivity index (χ1v) is 9.55. The Morgan fingerprint density at radius 3 is 2.48 bits per heavy atom. The molecule has 2 amide bonds. The van der Waals surface area contributed by atoms with Gasteiger partial charge in [-0.25, -0.2) is 8.42 Å². The Hall–Kier alpha value is -1.45. The number of nitrogens with zero attached hydrogens (tertiary/aromatic N) is 1. The summed E-state index contributed by atoms with van der Waals surface area (Å²) in [6, 6.07) is 3.12. The van der Waals surface area contributed by atoms with Crippen molar-refractivity contribution in [1.29, 1.82) is 0 Å². The van der Waals surface area contributed by atoms with Crippen LogP contribution in [0, 0.1) is 0 Å². The van der Waals surface area contributed by atoms with E-state index in [4.69, 9.17) is 0 Å². The van der Waals surface area contributed by atoms with Crippen LogP contribution in [0.25, 0.3) is 0 Å². The Morgan fingerprint density at radius 2 is 1.96 bits per heavy atom. The number of thiophene rings is 1. The van der Waals surface area contributed by atoms with Gasteiger partial charge in [0.05, 0.1) is 13.1 Å². The lowest BCUT2D eigenvalue weighted by Gasteiger charge is -2.19. The molecule has 0 atom stereocenters. The largest absolute Gasteiger partial charge is 0.353 e. The van der Waals surface area contributed by atoms with Crippen molar-refractivity contribution in [2.24, 2.45) is 0 Å². The highest BCUT2D eigenvalue weighted by molar-refractivity contribution is 7.91. The molecular weight excluding hydrogens is 338 g/mol. The molecule has 0 saturated carbocycles. The third kappa shape index (κ3) is 5.92. The molecule has 1 heterocycles. The first-order valence-electron chi connectivity index (χ1n) is 7.29. The van der Waals surface area contributed by atoms with E-state index in [9.17, 15) is 18.0 Å². The fourth-order valence-electron chi connectivity index (χ4n) is 1.83. The molecule has 0 aliphatic heterocycles. The van der Waals surface area contributed by atoms with Crippen molar-refractivity contribution >= 4 is 33.2 Å². The summed E-state index contributed by atoms with van der Waals surface area (Å²) in [5.74, 6) is -0.510. The fraction of sp³-hybridized carbons (Fsp3) is 0.571. The summed E-state index contributed by atoms with van der Waals surface area (Å²) < 4.78 is 26.5. The van der Waals surface area contributed by atoms with Gasteiger partial charge in [0.1, 0.15) is 4.21 Å². The molecule has 7 nitrogen and oxygen atoms in total. The normalized spacial score (nSPS) is 11.7. The van der Waals surface area contributed by atoms with Gasteiger partial charge in [0.2, 0.25) is 11.8 Å². The predicted octanol–water partition coefficient (Wildman–Crippen LogP) is 0.919. The molecule has 0 radical (unpaired) electrons. The SMILES string of the molecule is CCN(CC(=O)NC(C)C)S(=O)(=O)c1ccc(CNC(C)=O)s1. The number of amides is 2. The van der Waals surface area contributed by atoms with E-state index in [0.717, 1.165) is 20.5 Å². The molecule has 2 N–H and O–H groups in total. The van der Waals surface area contributed by atoms with Crippen LogP contribution >= 0.6 is 11.3 Å². The van der Waals surface area contributed by atoms with E-state index in [-0.39, 0.29) is 41.7 Å². The Bertz CT molecular complexity index is 653. The lowest BCUT2D eigenvalue weighted by atomic mass is 10.4. The zero-order chi connectivity index (χ0) is 17.6. The van der Waals surface area contributed by atoms with E-state index in [0.29, 0.717) is 0 Å². The highest BCUT2D eigenvalue weighted by atomic mass is 32.2. The summed E-state index contributed by atoms with van der Waals surface area (Å²) >= 11 is 1.09. The van der Waals surface area contributed by atoms with Gasteiger partial charge in [-0.05, 0) is 26.0 Å². The van der Waals surface area contributed by atoms with Crippen molar-refractivity contribution in [2.45, 2.75) is 44.5 Å². The zero-order valence-corrected chi connectivity index (χ0v) is 15.4. The molecule has 0 aliphatic carbocycles. The molecule has 0 aromatic carbocycles. The first kappa shape index (κ1) is 19.6. The monoisotopic (exact) mass is 361 g/mol. The summed E-state index contributed by atoms with van der Waals surface area (Å²) in [4.78, 5) is 23.5. The van der Waals surface area contributed by atoms with E-state index in [1.54, 1.807) is 13.0 Å². The second kappa shape index (κ2) is 8.42. The lowest BCUT2D eigenvalue weighted by Crippen LogP contribution is -2.42. The second-order valence-corrected chi connectivity index (χ2v) is 8.62. The summed E-state index contributed by atoms with van der Waals surface area (Å²) in [5.41, 5.74) is 0. The molecule has 0 aliphatic rings. The van der Waals surface area contributed by atoms with Gasteiger partial charge in [-0.15, -0.1) is 11.3 Å². The molecular formula is C14H23N3O4S2. The summed E-state index contributed by atoms with van der Waals surface area (Å²) in [6.07, 6.45) is 0. The van der Waals surface area contributed by atoms with E-state index in [2.05, 4.69) is 10.6 Å². The van der Waals surface area contributed by atoms with Crippen molar-refractivity contribution in [3.8, 4) is 0 Å². The number of carbonyl (C=O) groups is 2. The van der Waals surface area contributed by atoms with Crippen LogP contribution in [0.15, 0.2) is 16.3 Å². The molecule has 0 fully saturated rings. The van der Waals surface area contributed by atoms with Gasteiger partial charge in [-0.1, -0.05) is 6.92 Å². The molecule has 23 heavy (non-hydrogen) atoms. The van der Waals surface area contributed by atoms with Gasteiger partial charge < -0.3 is 10.6 Å². The summed E-state index contributed by atoms with van der Waals surface area (Å²) in [6.45, 7) is 6.99. The van der Waals surface area contributed by atoms with Crippen LogP contribution in [-0.4, -0.2) is 43.7 Å². The lowest BCUT2D eigenvalue weighted by molar-refractivity contribution is -0.122. The molecule has 0 saturated heterocycles. The van der Waals surface area contributed by atoms with Gasteiger partial charge in [0, 0.05) is 24.4 Å². The van der Waals surface area contributed by atoms with Crippen molar-refractivity contribution in [3.63, 3.8) is 0 Å². The van der Waals surface area contributed by atoms with E-state index in [1.165, 1.54) is 13.0 Å². The third-order valence-corrected chi connectivity index (χ3v) is 6.34. The molecule has 0 spiro atoms. The third-order valence-electron chi connectivity index (χ3n) is 2.87. The van der Waals surface area contributed by atoms with Gasteiger partial charge >= 0.3 is 0 Å². The Balaban J connectivity index is 2.86. The minimum absolute atomic E-state index is 0.0464. The summed E-state index contributed by atoms with van der Waals surface area (Å²) in [7, 11) is -3.72. The standard InChI is InChI=1S/C14H23N3O4S2/c1-5-17(9-13(19)16-10(2)3)23(20,21)14-7-6-12(22-14)8-15-11(4)18/h6-7,10H,5,8-9H2,1-4H3,(H,15,18)(H,16,19). The molecule has 1 aromatic heterocycles. The Kier molecular flexibility index (Phi) is 7.17. The number of likely N-dealkylation sites (N-methyl/N-ethyl adjacent to an activating group) is 1. The minimum Gasteiger partial charge on any atom is -0.353 e. The number of hydrogen-bond donors (Lipinski definition) is 2.